The Bertz CT molecular complexity index is 334. The molecule has 16 heavy (non-hydrogen) atoms. The molecule has 1 aromatic carbocycles. The fourth-order valence-electron chi connectivity index (χ4n) is 1.34. The molecule has 0 aliphatic rings. The van der Waals surface area contributed by atoms with E-state index in [1.807, 2.05) is 31.2 Å². The van der Waals surface area contributed by atoms with Crippen molar-refractivity contribution in [3.63, 3.8) is 0 Å². The number of benzene rings is 1. The van der Waals surface area contributed by atoms with E-state index in [-0.39, 0.29) is 5.97 Å². The number of carbonyl (C=O) groups is 1. The zero-order valence-corrected chi connectivity index (χ0v) is 10.0. The zero-order valence-electron chi connectivity index (χ0n) is 10.0. The summed E-state index contributed by atoms with van der Waals surface area (Å²) in [5, 5.41) is 0. The van der Waals surface area contributed by atoms with E-state index in [1.54, 1.807) is 0 Å². The van der Waals surface area contributed by atoms with Crippen molar-refractivity contribution in [3.05, 3.63) is 48.6 Å². The first kappa shape index (κ1) is 14.4. The molecule has 0 saturated carbocycles. The second-order valence-corrected chi connectivity index (χ2v) is 3.00. The third-order valence-corrected chi connectivity index (χ3v) is 2.12. The number of hydrogen-bond acceptors (Lipinski definition) is 3. The first-order valence-electron chi connectivity index (χ1n) is 4.87. The minimum absolute atomic E-state index is 0.373. The SMILES string of the molecule is C=C.COC(=O)[C@H](OC)c1ccccc1C. The van der Waals surface area contributed by atoms with Gasteiger partial charge in [0.2, 0.25) is 0 Å². The van der Waals surface area contributed by atoms with E-state index in [2.05, 4.69) is 17.9 Å². The van der Waals surface area contributed by atoms with Crippen LogP contribution in [0.25, 0.3) is 0 Å². The number of rotatable bonds is 3. The smallest absolute Gasteiger partial charge is 0.339 e. The normalized spacial score (nSPS) is 10.9. The molecule has 0 fully saturated rings. The van der Waals surface area contributed by atoms with Crippen LogP contribution in [0.5, 0.6) is 0 Å². The summed E-state index contributed by atoms with van der Waals surface area (Å²) in [6.07, 6.45) is -0.624. The topological polar surface area (TPSA) is 35.5 Å². The number of esters is 1. The van der Waals surface area contributed by atoms with Gasteiger partial charge in [-0.25, -0.2) is 4.79 Å². The Kier molecular flexibility index (Phi) is 6.88. The lowest BCUT2D eigenvalue weighted by molar-refractivity contribution is -0.152. The quantitative estimate of drug-likeness (QED) is 0.582. The minimum Gasteiger partial charge on any atom is -0.467 e. The Morgan fingerprint density at radius 2 is 1.81 bits per heavy atom. The lowest BCUT2D eigenvalue weighted by Gasteiger charge is -2.14. The van der Waals surface area contributed by atoms with Gasteiger partial charge in [-0.15, -0.1) is 13.2 Å². The lowest BCUT2D eigenvalue weighted by atomic mass is 10.0. The number of ether oxygens (including phenoxy) is 2. The van der Waals surface area contributed by atoms with Crippen LogP contribution in [-0.2, 0) is 14.3 Å². The monoisotopic (exact) mass is 222 g/mol. The van der Waals surface area contributed by atoms with Crippen LogP contribution in [0.3, 0.4) is 0 Å². The average molecular weight is 222 g/mol. The summed E-state index contributed by atoms with van der Waals surface area (Å²) in [4.78, 5) is 11.3. The van der Waals surface area contributed by atoms with Crippen LogP contribution in [0.15, 0.2) is 37.4 Å². The second-order valence-electron chi connectivity index (χ2n) is 3.00. The van der Waals surface area contributed by atoms with Gasteiger partial charge in [-0.05, 0) is 18.1 Å². The van der Waals surface area contributed by atoms with Gasteiger partial charge in [-0.1, -0.05) is 24.3 Å². The van der Waals surface area contributed by atoms with Crippen LogP contribution in [-0.4, -0.2) is 20.2 Å². The summed E-state index contributed by atoms with van der Waals surface area (Å²) in [6, 6.07) is 7.59. The van der Waals surface area contributed by atoms with Crippen LogP contribution < -0.4 is 0 Å². The standard InChI is InChI=1S/C11H14O3.C2H4/c1-8-6-4-5-7-9(8)10(13-2)11(12)14-3;1-2/h4-7,10H,1-3H3;1-2H2/t10-;/m1./s1. The van der Waals surface area contributed by atoms with Gasteiger partial charge in [0.05, 0.1) is 7.11 Å². The van der Waals surface area contributed by atoms with Gasteiger partial charge in [0, 0.05) is 7.11 Å². The molecule has 0 spiro atoms. The Hall–Kier alpha value is -1.61. The summed E-state index contributed by atoms with van der Waals surface area (Å²) in [5.41, 5.74) is 1.87. The summed E-state index contributed by atoms with van der Waals surface area (Å²) in [6.45, 7) is 7.93. The van der Waals surface area contributed by atoms with Crippen molar-refractivity contribution in [1.82, 2.24) is 0 Å². The van der Waals surface area contributed by atoms with Crippen molar-refractivity contribution >= 4 is 5.97 Å². The van der Waals surface area contributed by atoms with E-state index >= 15 is 0 Å². The minimum atomic E-state index is -0.624. The first-order chi connectivity index (χ1) is 7.70. The Morgan fingerprint density at radius 1 is 1.25 bits per heavy atom. The van der Waals surface area contributed by atoms with Gasteiger partial charge < -0.3 is 9.47 Å². The maximum Gasteiger partial charge on any atom is 0.339 e. The molecule has 0 saturated heterocycles. The number of aryl methyl sites for hydroxylation is 1. The van der Waals surface area contributed by atoms with Crippen LogP contribution >= 0.6 is 0 Å². The highest BCUT2D eigenvalue weighted by Gasteiger charge is 2.21. The van der Waals surface area contributed by atoms with Crippen molar-refractivity contribution in [2.24, 2.45) is 0 Å². The zero-order chi connectivity index (χ0) is 12.6. The molecule has 1 aromatic rings. The van der Waals surface area contributed by atoms with Crippen LogP contribution in [0, 0.1) is 6.92 Å². The molecule has 1 rings (SSSR count). The molecule has 1 atom stereocenters. The molecule has 0 heterocycles. The molecule has 88 valence electrons. The van der Waals surface area contributed by atoms with Crippen molar-refractivity contribution in [3.8, 4) is 0 Å². The van der Waals surface area contributed by atoms with E-state index in [1.165, 1.54) is 14.2 Å². The van der Waals surface area contributed by atoms with Gasteiger partial charge in [-0.3, -0.25) is 0 Å². The molecular formula is C13H18O3. The largest absolute Gasteiger partial charge is 0.467 e. The van der Waals surface area contributed by atoms with E-state index in [9.17, 15) is 4.79 Å². The Balaban J connectivity index is 0.00000106. The fraction of sp³-hybridized carbons (Fsp3) is 0.308. The Morgan fingerprint density at radius 3 is 2.25 bits per heavy atom. The summed E-state index contributed by atoms with van der Waals surface area (Å²) in [5.74, 6) is -0.373. The molecule has 3 nitrogen and oxygen atoms in total. The first-order valence-corrected chi connectivity index (χ1v) is 4.87. The number of hydrogen-bond donors (Lipinski definition) is 0. The van der Waals surface area contributed by atoms with Crippen LogP contribution in [0.4, 0.5) is 0 Å². The predicted octanol–water partition coefficient (Wildman–Crippen LogP) is 2.66. The molecule has 0 aromatic heterocycles. The highest BCUT2D eigenvalue weighted by Crippen LogP contribution is 2.21. The maximum absolute atomic E-state index is 11.3. The number of carbonyl (C=O) groups excluding carboxylic acids is 1. The third-order valence-electron chi connectivity index (χ3n) is 2.12. The highest BCUT2D eigenvalue weighted by atomic mass is 16.6. The van der Waals surface area contributed by atoms with E-state index in [0.717, 1.165) is 11.1 Å². The van der Waals surface area contributed by atoms with Gasteiger partial charge in [0.15, 0.2) is 6.10 Å². The molecule has 3 heteroatoms. The lowest BCUT2D eigenvalue weighted by Crippen LogP contribution is -2.16. The summed E-state index contributed by atoms with van der Waals surface area (Å²) in [7, 11) is 2.85. The van der Waals surface area contributed by atoms with Gasteiger partial charge in [0.25, 0.3) is 0 Å². The molecule has 0 aliphatic heterocycles. The predicted molar refractivity (Wildman–Crippen MR) is 64.2 cm³/mol. The van der Waals surface area contributed by atoms with Crippen molar-refractivity contribution in [2.45, 2.75) is 13.0 Å². The van der Waals surface area contributed by atoms with E-state index in [0.29, 0.717) is 0 Å². The van der Waals surface area contributed by atoms with Crippen LogP contribution in [0.2, 0.25) is 0 Å². The van der Waals surface area contributed by atoms with Crippen molar-refractivity contribution < 1.29 is 14.3 Å². The van der Waals surface area contributed by atoms with Gasteiger partial charge in [0.1, 0.15) is 0 Å². The van der Waals surface area contributed by atoms with Gasteiger partial charge >= 0.3 is 5.97 Å². The highest BCUT2D eigenvalue weighted by molar-refractivity contribution is 5.76. The van der Waals surface area contributed by atoms with E-state index in [4.69, 9.17) is 4.74 Å². The van der Waals surface area contributed by atoms with Crippen LogP contribution in [0.1, 0.15) is 17.2 Å². The molecule has 0 amide bonds. The molecule has 0 aliphatic carbocycles. The van der Waals surface area contributed by atoms with Crippen molar-refractivity contribution in [2.75, 3.05) is 14.2 Å². The molecule has 0 N–H and O–H groups in total. The third kappa shape index (κ3) is 3.51. The molecule has 0 unspecified atom stereocenters. The molecular weight excluding hydrogens is 204 g/mol. The fourth-order valence-corrected chi connectivity index (χ4v) is 1.34. The summed E-state index contributed by atoms with van der Waals surface area (Å²) >= 11 is 0. The Labute approximate surface area is 96.7 Å². The molecule has 0 bridgehead atoms. The van der Waals surface area contributed by atoms with Crippen molar-refractivity contribution in [1.29, 1.82) is 0 Å². The number of methoxy groups -OCH3 is 2. The summed E-state index contributed by atoms with van der Waals surface area (Å²) < 4.78 is 9.74. The van der Waals surface area contributed by atoms with E-state index < -0.39 is 6.10 Å². The average Bonchev–Trinajstić information content (AvgIpc) is 2.34. The maximum atomic E-state index is 11.3. The molecule has 0 radical (unpaired) electrons. The van der Waals surface area contributed by atoms with Gasteiger partial charge in [-0.2, -0.15) is 0 Å². The second kappa shape index (κ2) is 7.65.